The van der Waals surface area contributed by atoms with Gasteiger partial charge in [0.2, 0.25) is 0 Å². The smallest absolute Gasteiger partial charge is 0.153 e. The second-order valence-electron chi connectivity index (χ2n) is 10.8. The summed E-state index contributed by atoms with van der Waals surface area (Å²) < 4.78 is 10.2. The van der Waals surface area contributed by atoms with Crippen LogP contribution in [0.15, 0.2) is 84.9 Å². The summed E-state index contributed by atoms with van der Waals surface area (Å²) in [6.07, 6.45) is 5.21. The second kappa shape index (κ2) is 16.4. The minimum absolute atomic E-state index is 0. The third kappa shape index (κ3) is 9.15. The molecular weight excluding hydrogens is 635 g/mol. The molecule has 0 aliphatic heterocycles. The van der Waals surface area contributed by atoms with Crippen molar-refractivity contribution in [2.45, 2.75) is 58.2 Å². The van der Waals surface area contributed by atoms with Crippen molar-refractivity contribution >= 4 is 30.3 Å². The molecule has 0 fully saturated rings. The van der Waals surface area contributed by atoms with E-state index in [0.717, 1.165) is 49.8 Å². The van der Waals surface area contributed by atoms with E-state index in [1.165, 1.54) is 33.4 Å². The van der Waals surface area contributed by atoms with Gasteiger partial charge in [-0.25, -0.2) is 0 Å². The van der Waals surface area contributed by atoms with Gasteiger partial charge in [0.15, 0.2) is 6.29 Å². The summed E-state index contributed by atoms with van der Waals surface area (Å²) in [6, 6.07) is 30.0. The normalized spacial score (nSPS) is 13.4. The van der Waals surface area contributed by atoms with Crippen LogP contribution in [0.1, 0.15) is 49.3 Å². The van der Waals surface area contributed by atoms with Crippen molar-refractivity contribution in [3.63, 3.8) is 0 Å². The maximum absolute atomic E-state index is 10.4. The molecule has 0 amide bonds. The zero-order valence-corrected chi connectivity index (χ0v) is 27.4. The zero-order chi connectivity index (χ0) is 29.2. The van der Waals surface area contributed by atoms with Crippen molar-refractivity contribution in [1.82, 2.24) is 5.32 Å². The molecule has 2 aliphatic carbocycles. The van der Waals surface area contributed by atoms with E-state index in [2.05, 4.69) is 72.9 Å². The van der Waals surface area contributed by atoms with E-state index in [1.807, 2.05) is 25.1 Å². The van der Waals surface area contributed by atoms with Gasteiger partial charge in [-0.3, -0.25) is 4.79 Å². The Morgan fingerprint density at radius 3 is 1.86 bits per heavy atom. The molecule has 0 heterocycles. The molecule has 4 aromatic carbocycles. The van der Waals surface area contributed by atoms with Crippen molar-refractivity contribution in [2.75, 3.05) is 14.2 Å². The van der Waals surface area contributed by atoms with Crippen molar-refractivity contribution in [2.24, 2.45) is 5.73 Å². The number of nitrogens with one attached hydrogen (secondary N) is 1. The Morgan fingerprint density at radius 1 is 0.786 bits per heavy atom. The lowest BCUT2D eigenvalue weighted by molar-refractivity contribution is 0.112. The highest BCUT2D eigenvalue weighted by atomic mass is 127. The van der Waals surface area contributed by atoms with Crippen LogP contribution in [0.25, 0.3) is 0 Å². The van der Waals surface area contributed by atoms with Crippen LogP contribution in [-0.4, -0.2) is 32.6 Å². The maximum Gasteiger partial charge on any atom is 0.153 e. The number of nitrogens with two attached hydrogens (primary N) is 1. The number of hydrogen-bond donors (Lipinski definition) is 2. The first-order valence-corrected chi connectivity index (χ1v) is 14.3. The Hall–Kier alpha value is -3.20. The van der Waals surface area contributed by atoms with Crippen molar-refractivity contribution < 1.29 is 14.3 Å². The van der Waals surface area contributed by atoms with Crippen molar-refractivity contribution in [3.8, 4) is 11.5 Å². The molecule has 2 aliphatic rings. The largest absolute Gasteiger partial charge is 0.497 e. The van der Waals surface area contributed by atoms with Gasteiger partial charge in [-0.15, -0.1) is 24.0 Å². The Labute approximate surface area is 267 Å². The summed E-state index contributed by atoms with van der Waals surface area (Å²) in [5.74, 6) is 1.57. The molecule has 6 heteroatoms. The number of halogens is 1. The summed E-state index contributed by atoms with van der Waals surface area (Å²) in [7, 11) is 3.27. The molecule has 4 aromatic rings. The van der Waals surface area contributed by atoms with Crippen LogP contribution < -0.4 is 20.5 Å². The Morgan fingerprint density at radius 2 is 1.36 bits per heavy atom. The van der Waals surface area contributed by atoms with Gasteiger partial charge in [-0.1, -0.05) is 60.7 Å². The van der Waals surface area contributed by atoms with E-state index in [4.69, 9.17) is 15.2 Å². The first-order chi connectivity index (χ1) is 19.9. The van der Waals surface area contributed by atoms with Crippen molar-refractivity contribution in [3.05, 3.63) is 129 Å². The summed E-state index contributed by atoms with van der Waals surface area (Å²) in [5, 5.41) is 3.68. The number of hydrogen-bond acceptors (Lipinski definition) is 5. The molecule has 0 bridgehead atoms. The molecule has 5 nitrogen and oxygen atoms in total. The lowest BCUT2D eigenvalue weighted by Crippen LogP contribution is -2.29. The van der Waals surface area contributed by atoms with E-state index >= 15 is 0 Å². The van der Waals surface area contributed by atoms with E-state index in [9.17, 15) is 4.79 Å². The number of carbonyl (C=O) groups excluding carboxylic acids is 1. The number of benzene rings is 4. The van der Waals surface area contributed by atoms with Gasteiger partial charge in [0.25, 0.3) is 0 Å². The van der Waals surface area contributed by atoms with Crippen LogP contribution in [-0.2, 0) is 32.2 Å². The van der Waals surface area contributed by atoms with E-state index in [0.29, 0.717) is 23.4 Å². The monoisotopic (exact) mass is 678 g/mol. The van der Waals surface area contributed by atoms with Crippen LogP contribution in [0.3, 0.4) is 0 Å². The fraction of sp³-hybridized carbons (Fsp3) is 0.306. The standard InChI is InChI=1S/C18H21NO.C9H11N.C9H10O2.HI/c1-13-9-18(20-2)8-7-16(13)12-19-17-10-14-5-3-4-6-15(14)11-17;10-9-5-7-3-1-2-4-8(7)6-9;1-7-3-4-8(6-10)9(5-7)11-2;/h3-9,17,19H,10-12H2,1-2H3;1-4,9H,5-6,10H2;3-6H,1-2H3;1H. The summed E-state index contributed by atoms with van der Waals surface area (Å²) >= 11 is 0. The predicted octanol–water partition coefficient (Wildman–Crippen LogP) is 6.81. The predicted molar refractivity (Wildman–Crippen MR) is 183 cm³/mol. The first kappa shape index (κ1) is 33.3. The number of ether oxygens (including phenoxy) is 2. The minimum atomic E-state index is 0. The topological polar surface area (TPSA) is 73.6 Å². The van der Waals surface area contributed by atoms with E-state index in [1.54, 1.807) is 20.3 Å². The molecule has 0 aromatic heterocycles. The molecule has 6 rings (SSSR count). The lowest BCUT2D eigenvalue weighted by Gasteiger charge is -2.14. The van der Waals surface area contributed by atoms with Crippen LogP contribution in [0.5, 0.6) is 11.5 Å². The Bertz CT molecular complexity index is 1410. The Balaban J connectivity index is 0.000000187. The summed E-state index contributed by atoms with van der Waals surface area (Å²) in [6.45, 7) is 5.02. The first-order valence-electron chi connectivity index (χ1n) is 14.3. The molecule has 42 heavy (non-hydrogen) atoms. The molecule has 0 atom stereocenters. The number of carbonyl (C=O) groups is 1. The van der Waals surface area contributed by atoms with Crippen LogP contribution in [0.4, 0.5) is 0 Å². The average Bonchev–Trinajstić information content (AvgIpc) is 3.59. The van der Waals surface area contributed by atoms with Crippen LogP contribution in [0.2, 0.25) is 0 Å². The van der Waals surface area contributed by atoms with Gasteiger partial charge in [0.1, 0.15) is 11.5 Å². The fourth-order valence-electron chi connectivity index (χ4n) is 5.46. The van der Waals surface area contributed by atoms with Gasteiger partial charge in [0, 0.05) is 18.6 Å². The Kier molecular flexibility index (Phi) is 13.0. The number of methoxy groups -OCH3 is 2. The highest BCUT2D eigenvalue weighted by Crippen LogP contribution is 2.23. The minimum Gasteiger partial charge on any atom is -0.497 e. The summed E-state index contributed by atoms with van der Waals surface area (Å²) in [4.78, 5) is 10.4. The molecule has 222 valence electrons. The van der Waals surface area contributed by atoms with Crippen LogP contribution >= 0.6 is 24.0 Å². The van der Waals surface area contributed by atoms with Gasteiger partial charge in [0.05, 0.1) is 19.8 Å². The van der Waals surface area contributed by atoms with Gasteiger partial charge < -0.3 is 20.5 Å². The average molecular weight is 679 g/mol. The molecule has 3 N–H and O–H groups in total. The molecule has 0 radical (unpaired) electrons. The quantitative estimate of drug-likeness (QED) is 0.173. The van der Waals surface area contributed by atoms with Crippen molar-refractivity contribution in [1.29, 1.82) is 0 Å². The number of rotatable bonds is 6. The van der Waals surface area contributed by atoms with E-state index in [-0.39, 0.29) is 24.0 Å². The third-order valence-electron chi connectivity index (χ3n) is 7.78. The number of aryl methyl sites for hydroxylation is 2. The van der Waals surface area contributed by atoms with Gasteiger partial charge in [-0.05, 0) is 103 Å². The fourth-order valence-corrected chi connectivity index (χ4v) is 5.46. The number of fused-ring (bicyclic) bond motifs is 2. The molecule has 0 saturated carbocycles. The van der Waals surface area contributed by atoms with Gasteiger partial charge >= 0.3 is 0 Å². The third-order valence-corrected chi connectivity index (χ3v) is 7.78. The molecule has 0 unspecified atom stereocenters. The highest BCUT2D eigenvalue weighted by molar-refractivity contribution is 14.0. The lowest BCUT2D eigenvalue weighted by atomic mass is 10.1. The molecule has 0 spiro atoms. The van der Waals surface area contributed by atoms with E-state index < -0.39 is 0 Å². The summed E-state index contributed by atoms with van der Waals surface area (Å²) in [5.41, 5.74) is 16.0. The highest BCUT2D eigenvalue weighted by Gasteiger charge is 2.20. The molecular formula is C36H43IN2O3. The maximum atomic E-state index is 10.4. The second-order valence-corrected chi connectivity index (χ2v) is 10.8. The molecule has 0 saturated heterocycles. The SMILES string of the molecule is COc1cc(C)ccc1C=O.COc1ccc(CNC2Cc3ccccc3C2)c(C)c1.I.NC1Cc2ccccc2C1. The van der Waals surface area contributed by atoms with Crippen LogP contribution in [0, 0.1) is 13.8 Å². The van der Waals surface area contributed by atoms with Gasteiger partial charge in [-0.2, -0.15) is 0 Å². The number of aldehydes is 1. The zero-order valence-electron chi connectivity index (χ0n) is 25.1.